The van der Waals surface area contributed by atoms with Gasteiger partial charge in [-0.3, -0.25) is 0 Å². The molecule has 5 aliphatic rings. The maximum absolute atomic E-state index is 10.1. The third kappa shape index (κ3) is 1.84. The summed E-state index contributed by atoms with van der Waals surface area (Å²) < 4.78 is 12.5. The largest absolute Gasteiger partial charge is 0.393 e. The zero-order chi connectivity index (χ0) is 16.6. The second-order valence-electron chi connectivity index (χ2n) is 9.60. The Kier molecular flexibility index (Phi) is 3.35. The van der Waals surface area contributed by atoms with Gasteiger partial charge in [0, 0.05) is 11.8 Å². The molecule has 3 nitrogen and oxygen atoms in total. The summed E-state index contributed by atoms with van der Waals surface area (Å²) in [6.07, 6.45) is 11.6. The number of aliphatic hydroxyl groups excluding tert-OH is 1. The van der Waals surface area contributed by atoms with E-state index in [0.29, 0.717) is 5.41 Å². The minimum atomic E-state index is -0.281. The van der Waals surface area contributed by atoms with Crippen molar-refractivity contribution in [1.82, 2.24) is 0 Å². The Morgan fingerprint density at radius 1 is 1.00 bits per heavy atom. The molecule has 0 aromatic rings. The van der Waals surface area contributed by atoms with Crippen LogP contribution in [0.15, 0.2) is 11.6 Å². The molecule has 1 unspecified atom stereocenters. The fourth-order valence-corrected chi connectivity index (χ4v) is 7.53. The average Bonchev–Trinajstić information content (AvgIpc) is 3.15. The summed E-state index contributed by atoms with van der Waals surface area (Å²) in [5.74, 6) is 2.02. The van der Waals surface area contributed by atoms with Crippen molar-refractivity contribution in [3.8, 4) is 0 Å². The van der Waals surface area contributed by atoms with Crippen LogP contribution in [-0.2, 0) is 9.47 Å². The lowest BCUT2D eigenvalue weighted by atomic mass is 9.47. The molecule has 6 atom stereocenters. The normalized spacial score (nSPS) is 52.5. The van der Waals surface area contributed by atoms with E-state index < -0.39 is 0 Å². The Balaban J connectivity index is 1.49. The quantitative estimate of drug-likeness (QED) is 0.680. The Labute approximate surface area is 145 Å². The van der Waals surface area contributed by atoms with Gasteiger partial charge in [0.05, 0.1) is 19.3 Å². The number of aliphatic hydroxyl groups is 1. The van der Waals surface area contributed by atoms with Gasteiger partial charge in [-0.15, -0.1) is 0 Å². The molecule has 1 N–H and O–H groups in total. The van der Waals surface area contributed by atoms with Crippen LogP contribution in [0.2, 0.25) is 0 Å². The maximum Gasteiger partial charge on any atom is 0.174 e. The zero-order valence-electron chi connectivity index (χ0n) is 15.2. The number of fused-ring (bicyclic) bond motifs is 6. The fourth-order valence-electron chi connectivity index (χ4n) is 7.53. The van der Waals surface area contributed by atoms with Crippen molar-refractivity contribution in [1.29, 1.82) is 0 Å². The number of hydrogen-bond donors (Lipinski definition) is 1. The molecule has 4 fully saturated rings. The predicted molar refractivity (Wildman–Crippen MR) is 92.3 cm³/mol. The minimum absolute atomic E-state index is 0.107. The Hall–Kier alpha value is -0.380. The first-order chi connectivity index (χ1) is 11.5. The van der Waals surface area contributed by atoms with Crippen molar-refractivity contribution >= 4 is 0 Å². The van der Waals surface area contributed by atoms with Crippen molar-refractivity contribution in [2.45, 2.75) is 77.1 Å². The van der Waals surface area contributed by atoms with E-state index in [1.54, 1.807) is 5.57 Å². The number of allylic oxidation sites excluding steroid dienone is 1. The lowest BCUT2D eigenvalue weighted by Gasteiger charge is -2.58. The van der Waals surface area contributed by atoms with Gasteiger partial charge >= 0.3 is 0 Å². The van der Waals surface area contributed by atoms with Gasteiger partial charge in [0.1, 0.15) is 0 Å². The molecule has 0 aromatic carbocycles. The highest BCUT2D eigenvalue weighted by atomic mass is 16.7. The molecule has 5 rings (SSSR count). The maximum atomic E-state index is 10.1. The molecule has 0 aromatic heterocycles. The monoisotopic (exact) mass is 332 g/mol. The van der Waals surface area contributed by atoms with Gasteiger partial charge in [0.2, 0.25) is 0 Å². The highest BCUT2D eigenvalue weighted by Crippen LogP contribution is 2.68. The van der Waals surface area contributed by atoms with Crippen LogP contribution in [0.1, 0.15) is 65.2 Å². The summed E-state index contributed by atoms with van der Waals surface area (Å²) in [7, 11) is 0. The highest BCUT2D eigenvalue weighted by molar-refractivity contribution is 5.26. The molecule has 0 bridgehead atoms. The summed E-state index contributed by atoms with van der Waals surface area (Å²) in [5.41, 5.74) is 2.09. The van der Waals surface area contributed by atoms with Gasteiger partial charge in [-0.1, -0.05) is 25.5 Å². The molecule has 24 heavy (non-hydrogen) atoms. The highest BCUT2D eigenvalue weighted by Gasteiger charge is 2.66. The van der Waals surface area contributed by atoms with Gasteiger partial charge in [0.25, 0.3) is 0 Å². The molecule has 3 heteroatoms. The molecule has 1 heterocycles. The van der Waals surface area contributed by atoms with Gasteiger partial charge in [-0.05, 0) is 68.1 Å². The second-order valence-corrected chi connectivity index (χ2v) is 9.60. The van der Waals surface area contributed by atoms with Crippen molar-refractivity contribution < 1.29 is 14.6 Å². The summed E-state index contributed by atoms with van der Waals surface area (Å²) in [6, 6.07) is 0. The van der Waals surface area contributed by atoms with E-state index in [-0.39, 0.29) is 17.3 Å². The first-order valence-electron chi connectivity index (χ1n) is 10.1. The number of hydrogen-bond acceptors (Lipinski definition) is 3. The zero-order valence-corrected chi connectivity index (χ0v) is 15.2. The van der Waals surface area contributed by atoms with Crippen molar-refractivity contribution in [3.05, 3.63) is 11.6 Å². The third-order valence-corrected chi connectivity index (χ3v) is 8.88. The van der Waals surface area contributed by atoms with Crippen molar-refractivity contribution in [2.75, 3.05) is 13.2 Å². The molecule has 0 radical (unpaired) electrons. The van der Waals surface area contributed by atoms with Crippen LogP contribution in [0.25, 0.3) is 0 Å². The second kappa shape index (κ2) is 5.08. The van der Waals surface area contributed by atoms with Crippen molar-refractivity contribution in [3.63, 3.8) is 0 Å². The summed E-state index contributed by atoms with van der Waals surface area (Å²) in [6.45, 7) is 6.50. The summed E-state index contributed by atoms with van der Waals surface area (Å²) in [4.78, 5) is 0. The van der Waals surface area contributed by atoms with E-state index in [0.717, 1.165) is 50.2 Å². The van der Waals surface area contributed by atoms with Crippen LogP contribution in [0.5, 0.6) is 0 Å². The third-order valence-electron chi connectivity index (χ3n) is 8.88. The Morgan fingerprint density at radius 2 is 1.75 bits per heavy atom. The standard InChI is InChI=1S/C21H32O3/c1-19-8-5-15(22)13-14(19)3-4-16-17(19)6-9-20(2)18(16)7-10-21(20)23-11-12-24-21/h3,15-18,22H,4-13H2,1-2H3/t15-,16+,17?,18-,19-,20-/m0/s1. The lowest BCUT2D eigenvalue weighted by Crippen LogP contribution is -2.55. The molecule has 3 saturated carbocycles. The number of rotatable bonds is 0. The van der Waals surface area contributed by atoms with Gasteiger partial charge in [-0.2, -0.15) is 0 Å². The predicted octanol–water partition coefficient (Wildman–Crippen LogP) is 4.05. The summed E-state index contributed by atoms with van der Waals surface area (Å²) >= 11 is 0. The van der Waals surface area contributed by atoms with E-state index >= 15 is 0 Å². The molecule has 1 aliphatic heterocycles. The van der Waals surface area contributed by atoms with Crippen LogP contribution >= 0.6 is 0 Å². The van der Waals surface area contributed by atoms with Crippen LogP contribution in [0.4, 0.5) is 0 Å². The Morgan fingerprint density at radius 3 is 2.54 bits per heavy atom. The smallest absolute Gasteiger partial charge is 0.174 e. The molecule has 1 saturated heterocycles. The SMILES string of the molecule is C[C@]12CC[C@H](O)CC1=CC[C@@H]1C2CC[C@@]2(C)[C@H]1CCC21OCCO1. The molecular formula is C21H32O3. The lowest BCUT2D eigenvalue weighted by molar-refractivity contribution is -0.242. The van der Waals surface area contributed by atoms with Gasteiger partial charge in [-0.25, -0.2) is 0 Å². The first-order valence-corrected chi connectivity index (χ1v) is 10.1. The topological polar surface area (TPSA) is 38.7 Å². The molecule has 4 aliphatic carbocycles. The molecule has 0 amide bonds. The molecule has 1 spiro atoms. The fraction of sp³-hybridized carbons (Fsp3) is 0.905. The minimum Gasteiger partial charge on any atom is -0.393 e. The van der Waals surface area contributed by atoms with Crippen LogP contribution in [0, 0.1) is 28.6 Å². The van der Waals surface area contributed by atoms with Crippen LogP contribution in [-0.4, -0.2) is 30.2 Å². The first kappa shape index (κ1) is 15.8. The van der Waals surface area contributed by atoms with E-state index in [1.807, 2.05) is 0 Å². The van der Waals surface area contributed by atoms with Crippen LogP contribution < -0.4 is 0 Å². The van der Waals surface area contributed by atoms with Crippen molar-refractivity contribution in [2.24, 2.45) is 28.6 Å². The molecular weight excluding hydrogens is 300 g/mol. The summed E-state index contributed by atoms with van der Waals surface area (Å²) in [5, 5.41) is 10.1. The number of ether oxygens (including phenoxy) is 2. The van der Waals surface area contributed by atoms with Gasteiger partial charge in [0.15, 0.2) is 5.79 Å². The van der Waals surface area contributed by atoms with Gasteiger partial charge < -0.3 is 14.6 Å². The van der Waals surface area contributed by atoms with E-state index in [2.05, 4.69) is 19.9 Å². The van der Waals surface area contributed by atoms with E-state index in [9.17, 15) is 5.11 Å². The Bertz CT molecular complexity index is 563. The van der Waals surface area contributed by atoms with Crippen LogP contribution in [0.3, 0.4) is 0 Å². The van der Waals surface area contributed by atoms with E-state index in [4.69, 9.17) is 9.47 Å². The molecule has 134 valence electrons. The average molecular weight is 332 g/mol. The van der Waals surface area contributed by atoms with E-state index in [1.165, 1.54) is 32.1 Å².